The number of allylic oxidation sites excluding steroid dienone is 1. The van der Waals surface area contributed by atoms with E-state index in [0.717, 1.165) is 0 Å². The molecule has 0 saturated heterocycles. The molecule has 0 rings (SSSR count). The molecule has 0 unspecified atom stereocenters. The molecule has 52 valence electrons. The monoisotopic (exact) mass is 144 g/mol. The summed E-state index contributed by atoms with van der Waals surface area (Å²) in [6.45, 7) is 3.84. The minimum Gasteiger partial charge on any atom is -0.526 e. The maximum Gasteiger partial charge on any atom is 0.480 e. The molecule has 0 bridgehead atoms. The van der Waals surface area contributed by atoms with Gasteiger partial charge < -0.3 is 8.85 Å². The number of hydrogen-bond acceptors (Lipinski definition) is 2. The second-order valence-corrected chi connectivity index (χ2v) is 3.26. The predicted molar refractivity (Wildman–Crippen MR) is 40.4 cm³/mol. The molecular weight excluding hydrogens is 132 g/mol. The van der Waals surface area contributed by atoms with Gasteiger partial charge in [0.1, 0.15) is 0 Å². The lowest BCUT2D eigenvalue weighted by Gasteiger charge is -1.99. The van der Waals surface area contributed by atoms with E-state index in [1.54, 1.807) is 13.4 Å². The summed E-state index contributed by atoms with van der Waals surface area (Å²) in [5.41, 5.74) is 1.94. The molecule has 3 heteroatoms. The van der Waals surface area contributed by atoms with Crippen LogP contribution in [0.25, 0.3) is 0 Å². The first-order chi connectivity index (χ1) is 4.35. The Balaban J connectivity index is 3.58. The lowest BCUT2D eigenvalue weighted by atomic mass is 10.8. The van der Waals surface area contributed by atoms with Gasteiger partial charge in [0.05, 0.1) is 13.4 Å². The summed E-state index contributed by atoms with van der Waals surface area (Å²) >= 11 is 0. The Labute approximate surface area is 57.6 Å². The van der Waals surface area contributed by atoms with Gasteiger partial charge in [0.15, 0.2) is 0 Å². The van der Waals surface area contributed by atoms with Crippen LogP contribution in [-0.2, 0) is 8.85 Å². The van der Waals surface area contributed by atoms with Gasteiger partial charge in [-0.05, 0) is 19.5 Å². The molecule has 0 radical (unpaired) electrons. The third-order valence-electron chi connectivity index (χ3n) is 0.757. The topological polar surface area (TPSA) is 18.5 Å². The molecule has 0 saturated carbocycles. The van der Waals surface area contributed by atoms with Crippen molar-refractivity contribution in [3.05, 3.63) is 12.3 Å². The zero-order valence-electron chi connectivity index (χ0n) is 6.05. The molecular formula is C6H12O2Si. The fourth-order valence-electron chi connectivity index (χ4n) is 0.369. The van der Waals surface area contributed by atoms with Crippen LogP contribution in [0.3, 0.4) is 0 Å². The first kappa shape index (κ1) is 8.43. The van der Waals surface area contributed by atoms with Gasteiger partial charge in [-0.1, -0.05) is 6.08 Å². The average molecular weight is 144 g/mol. The Morgan fingerprint density at radius 1 is 1.33 bits per heavy atom. The standard InChI is InChI=1S/C6H12O2Si/c1-4-6-8-9(5-2)7-3/h4-6H,1-3H3. The first-order valence-electron chi connectivity index (χ1n) is 2.83. The summed E-state index contributed by atoms with van der Waals surface area (Å²) in [6, 6.07) is 0. The predicted octanol–water partition coefficient (Wildman–Crippen LogP) is 1.07. The van der Waals surface area contributed by atoms with Crippen molar-refractivity contribution in [2.75, 3.05) is 7.11 Å². The van der Waals surface area contributed by atoms with Crippen molar-refractivity contribution in [3.63, 3.8) is 0 Å². The summed E-state index contributed by atoms with van der Waals surface area (Å²) in [5.74, 6) is 0. The molecule has 0 aromatic carbocycles. The Morgan fingerprint density at radius 2 is 2.00 bits per heavy atom. The van der Waals surface area contributed by atoms with Crippen LogP contribution in [0.2, 0.25) is 0 Å². The molecule has 0 aliphatic rings. The van der Waals surface area contributed by atoms with E-state index in [1.165, 1.54) is 0 Å². The van der Waals surface area contributed by atoms with Gasteiger partial charge in [-0.25, -0.2) is 0 Å². The Bertz CT molecular complexity index is 118. The summed E-state index contributed by atoms with van der Waals surface area (Å²) in [5, 5.41) is 0. The van der Waals surface area contributed by atoms with Crippen molar-refractivity contribution in [1.82, 2.24) is 0 Å². The van der Waals surface area contributed by atoms with E-state index in [9.17, 15) is 0 Å². The second-order valence-electron chi connectivity index (χ2n) is 1.40. The Hall–Kier alpha value is -0.573. The average Bonchev–Trinajstić information content (AvgIpc) is 1.91. The van der Waals surface area contributed by atoms with E-state index in [-0.39, 0.29) is 0 Å². The highest BCUT2D eigenvalue weighted by molar-refractivity contribution is 6.54. The van der Waals surface area contributed by atoms with E-state index in [2.05, 4.69) is 0 Å². The normalized spacial score (nSPS) is 12.1. The lowest BCUT2D eigenvalue weighted by Crippen LogP contribution is -2.08. The highest BCUT2D eigenvalue weighted by atomic mass is 28.3. The van der Waals surface area contributed by atoms with Crippen LogP contribution in [0.15, 0.2) is 12.3 Å². The first-order valence-corrected chi connectivity index (χ1v) is 4.22. The fraction of sp³-hybridized carbons (Fsp3) is 0.500. The van der Waals surface area contributed by atoms with E-state index in [0.29, 0.717) is 0 Å². The maximum absolute atomic E-state index is 5.13. The summed E-state index contributed by atoms with van der Waals surface area (Å²) in [7, 11) is 0.553. The van der Waals surface area contributed by atoms with Gasteiger partial charge >= 0.3 is 8.90 Å². The Kier molecular flexibility index (Phi) is 5.21. The van der Waals surface area contributed by atoms with Crippen LogP contribution in [0.1, 0.15) is 13.8 Å². The van der Waals surface area contributed by atoms with Crippen LogP contribution in [0.4, 0.5) is 0 Å². The van der Waals surface area contributed by atoms with Crippen LogP contribution in [0.5, 0.6) is 0 Å². The van der Waals surface area contributed by atoms with E-state index >= 15 is 0 Å². The quantitative estimate of drug-likeness (QED) is 0.436. The van der Waals surface area contributed by atoms with Gasteiger partial charge in [0, 0.05) is 0 Å². The molecule has 0 fully saturated rings. The van der Waals surface area contributed by atoms with Crippen LogP contribution < -0.4 is 0 Å². The third-order valence-corrected chi connectivity index (χ3v) is 2.00. The second kappa shape index (κ2) is 5.56. The Morgan fingerprint density at radius 3 is 2.33 bits per heavy atom. The van der Waals surface area contributed by atoms with Crippen LogP contribution >= 0.6 is 0 Å². The molecule has 0 atom stereocenters. The molecule has 2 nitrogen and oxygen atoms in total. The molecule has 0 aliphatic carbocycles. The zero-order valence-corrected chi connectivity index (χ0v) is 7.05. The summed E-state index contributed by atoms with van der Waals surface area (Å²) in [4.78, 5) is 0. The van der Waals surface area contributed by atoms with Crippen LogP contribution in [-0.4, -0.2) is 21.7 Å². The van der Waals surface area contributed by atoms with Crippen molar-refractivity contribution in [3.8, 4) is 0 Å². The van der Waals surface area contributed by atoms with E-state index < -0.39 is 8.90 Å². The van der Waals surface area contributed by atoms with Crippen LogP contribution in [0, 0.1) is 0 Å². The number of rotatable bonds is 3. The molecule has 0 aliphatic heterocycles. The van der Waals surface area contributed by atoms with Crippen molar-refractivity contribution in [2.45, 2.75) is 13.8 Å². The third kappa shape index (κ3) is 3.97. The molecule has 0 aromatic rings. The highest BCUT2D eigenvalue weighted by Crippen LogP contribution is 1.78. The molecule has 0 spiro atoms. The minimum absolute atomic E-state index is 1.10. The largest absolute Gasteiger partial charge is 0.526 e. The molecule has 0 aromatic heterocycles. The maximum atomic E-state index is 5.13. The minimum atomic E-state index is -1.10. The molecule has 0 amide bonds. The van der Waals surface area contributed by atoms with Gasteiger partial charge in [0.25, 0.3) is 0 Å². The van der Waals surface area contributed by atoms with E-state index in [4.69, 9.17) is 8.85 Å². The van der Waals surface area contributed by atoms with Crippen molar-refractivity contribution in [1.29, 1.82) is 0 Å². The summed E-state index contributed by atoms with van der Waals surface area (Å²) in [6.07, 6.45) is 3.49. The van der Waals surface area contributed by atoms with Gasteiger partial charge in [-0.15, -0.1) is 0 Å². The van der Waals surface area contributed by atoms with Gasteiger partial charge in [-0.3, -0.25) is 0 Å². The molecule has 0 N–H and O–H groups in total. The number of hydrogen-bond donors (Lipinski definition) is 0. The van der Waals surface area contributed by atoms with E-state index in [1.807, 2.05) is 25.6 Å². The highest BCUT2D eigenvalue weighted by Gasteiger charge is 1.92. The van der Waals surface area contributed by atoms with Gasteiger partial charge in [0.2, 0.25) is 0 Å². The van der Waals surface area contributed by atoms with Crippen molar-refractivity contribution >= 4 is 14.6 Å². The van der Waals surface area contributed by atoms with Gasteiger partial charge in [-0.2, -0.15) is 0 Å². The smallest absolute Gasteiger partial charge is 0.480 e. The lowest BCUT2D eigenvalue weighted by molar-refractivity contribution is 0.331. The zero-order chi connectivity index (χ0) is 7.11. The van der Waals surface area contributed by atoms with Crippen molar-refractivity contribution in [2.24, 2.45) is 0 Å². The van der Waals surface area contributed by atoms with Crippen molar-refractivity contribution < 1.29 is 8.85 Å². The molecule has 0 heterocycles. The molecule has 9 heavy (non-hydrogen) atoms. The SMILES string of the molecule is CC=CO[Si](=CC)OC. The summed E-state index contributed by atoms with van der Waals surface area (Å²) < 4.78 is 10.1. The fourth-order valence-corrected chi connectivity index (χ4v) is 1.11.